The Morgan fingerprint density at radius 2 is 1.91 bits per heavy atom. The summed E-state index contributed by atoms with van der Waals surface area (Å²) in [6.45, 7) is 2.06. The first-order chi connectivity index (χ1) is 17.0. The van der Waals surface area contributed by atoms with Crippen molar-refractivity contribution in [3.63, 3.8) is 0 Å². The number of rotatable bonds is 9. The molecule has 178 valence electrons. The Hall–Kier alpha value is -3.87. The van der Waals surface area contributed by atoms with Gasteiger partial charge in [-0.05, 0) is 67.0 Å². The Morgan fingerprint density at radius 1 is 1.11 bits per heavy atom. The van der Waals surface area contributed by atoms with Crippen molar-refractivity contribution >= 4 is 28.5 Å². The number of anilines is 1. The molecule has 0 radical (unpaired) electrons. The average molecular weight is 471 g/mol. The van der Waals surface area contributed by atoms with Gasteiger partial charge in [-0.2, -0.15) is 0 Å². The number of aromatic amines is 1. The number of halogens is 1. The summed E-state index contributed by atoms with van der Waals surface area (Å²) in [5, 5.41) is 3.60. The van der Waals surface area contributed by atoms with Crippen LogP contribution in [-0.4, -0.2) is 26.6 Å². The number of nitrogens with zero attached hydrogens (tertiary/aromatic N) is 2. The van der Waals surface area contributed by atoms with Gasteiger partial charge >= 0.3 is 0 Å². The van der Waals surface area contributed by atoms with Gasteiger partial charge in [-0.15, -0.1) is 0 Å². The van der Waals surface area contributed by atoms with E-state index in [1.165, 1.54) is 6.07 Å². The van der Waals surface area contributed by atoms with Crippen molar-refractivity contribution in [2.24, 2.45) is 5.92 Å². The molecule has 0 saturated heterocycles. The van der Waals surface area contributed by atoms with E-state index < -0.39 is 0 Å². The zero-order valence-electron chi connectivity index (χ0n) is 19.6. The smallest absolute Gasteiger partial charge is 0.229 e. The predicted octanol–water partition coefficient (Wildman–Crippen LogP) is 6.27. The topological polar surface area (TPSA) is 87.7 Å². The third-order valence-electron chi connectivity index (χ3n) is 6.61. The highest BCUT2D eigenvalue weighted by molar-refractivity contribution is 6.08. The maximum Gasteiger partial charge on any atom is 0.229 e. The number of benzene rings is 2. The number of hydrogen-bond acceptors (Lipinski definition) is 4. The number of carbonyl (C=O) groups excluding carboxylic acids is 2. The zero-order valence-corrected chi connectivity index (χ0v) is 19.6. The number of Topliss-reactive ketones (excluding diaryl/α,β-unsaturated/α-hetero) is 1. The third-order valence-corrected chi connectivity index (χ3v) is 6.61. The largest absolute Gasteiger partial charge is 0.360 e. The van der Waals surface area contributed by atoms with Gasteiger partial charge in [0.25, 0.3) is 0 Å². The summed E-state index contributed by atoms with van der Waals surface area (Å²) in [6, 6.07) is 12.5. The molecule has 0 aliphatic heterocycles. The molecule has 1 aliphatic carbocycles. The van der Waals surface area contributed by atoms with E-state index >= 15 is 0 Å². The number of carbonyl (C=O) groups is 2. The summed E-state index contributed by atoms with van der Waals surface area (Å²) in [5.41, 5.74) is 4.20. The number of H-pyrrole nitrogens is 1. The molecule has 1 amide bonds. The van der Waals surface area contributed by atoms with Crippen LogP contribution in [0.2, 0.25) is 0 Å². The van der Waals surface area contributed by atoms with Crippen LogP contribution in [0.1, 0.15) is 60.9 Å². The van der Waals surface area contributed by atoms with Crippen LogP contribution < -0.4 is 5.32 Å². The van der Waals surface area contributed by atoms with Gasteiger partial charge in [0.2, 0.25) is 11.9 Å². The SMILES string of the molecule is C[C@H](CCCC(=O)c1c[nH]c2ccc(-c3cnc(NC(=O)C4CC4)nc3)cc12)c1cccc(F)c1. The van der Waals surface area contributed by atoms with Crippen LogP contribution >= 0.6 is 0 Å². The lowest BCUT2D eigenvalue weighted by atomic mass is 9.94. The van der Waals surface area contributed by atoms with Gasteiger partial charge in [0.1, 0.15) is 5.82 Å². The van der Waals surface area contributed by atoms with E-state index in [9.17, 15) is 14.0 Å². The molecule has 4 aromatic rings. The van der Waals surface area contributed by atoms with Crippen LogP contribution in [0.4, 0.5) is 10.3 Å². The van der Waals surface area contributed by atoms with Gasteiger partial charge in [-0.1, -0.05) is 25.1 Å². The highest BCUT2D eigenvalue weighted by Gasteiger charge is 2.30. The molecule has 1 saturated carbocycles. The number of hydrogen-bond donors (Lipinski definition) is 2. The zero-order chi connectivity index (χ0) is 24.4. The second-order valence-corrected chi connectivity index (χ2v) is 9.29. The van der Waals surface area contributed by atoms with Crippen molar-refractivity contribution in [3.8, 4) is 11.1 Å². The Kier molecular flexibility index (Phi) is 6.40. The van der Waals surface area contributed by atoms with Crippen LogP contribution in [0.15, 0.2) is 61.1 Å². The Morgan fingerprint density at radius 3 is 2.66 bits per heavy atom. The summed E-state index contributed by atoms with van der Waals surface area (Å²) < 4.78 is 13.5. The first kappa shape index (κ1) is 22.9. The van der Waals surface area contributed by atoms with Crippen LogP contribution in [-0.2, 0) is 4.79 Å². The molecular weight excluding hydrogens is 443 g/mol. The standard InChI is InChI=1S/C28H27FN4O2/c1-17(19-5-3-6-22(29)12-19)4-2-7-26(34)24-16-30-25-11-10-20(13-23(24)25)21-14-31-28(32-15-21)33-27(35)18-8-9-18/h3,5-6,10-18,30H,2,4,7-9H2,1H3,(H,31,32,33,35)/t17-/m1/s1. The predicted molar refractivity (Wildman–Crippen MR) is 134 cm³/mol. The molecule has 35 heavy (non-hydrogen) atoms. The lowest BCUT2D eigenvalue weighted by Crippen LogP contribution is -2.15. The summed E-state index contributed by atoms with van der Waals surface area (Å²) in [7, 11) is 0. The van der Waals surface area contributed by atoms with Crippen molar-refractivity contribution < 1.29 is 14.0 Å². The van der Waals surface area contributed by atoms with Gasteiger partial charge in [0, 0.05) is 53.0 Å². The monoisotopic (exact) mass is 470 g/mol. The van der Waals surface area contributed by atoms with E-state index in [0.717, 1.165) is 53.3 Å². The first-order valence-corrected chi connectivity index (χ1v) is 12.0. The highest BCUT2D eigenvalue weighted by Crippen LogP contribution is 2.30. The van der Waals surface area contributed by atoms with Gasteiger partial charge in [0.15, 0.2) is 5.78 Å². The fraction of sp³-hybridized carbons (Fsp3) is 0.286. The summed E-state index contributed by atoms with van der Waals surface area (Å²) >= 11 is 0. The van der Waals surface area contributed by atoms with Crippen molar-refractivity contribution in [2.75, 3.05) is 5.32 Å². The maximum absolute atomic E-state index is 13.5. The van der Waals surface area contributed by atoms with E-state index in [0.29, 0.717) is 17.9 Å². The number of aromatic nitrogens is 3. The van der Waals surface area contributed by atoms with Gasteiger partial charge in [0.05, 0.1) is 0 Å². The molecular formula is C28H27FN4O2. The fourth-order valence-corrected chi connectivity index (χ4v) is 4.31. The minimum absolute atomic E-state index is 0.0278. The van der Waals surface area contributed by atoms with E-state index in [1.807, 2.05) is 24.3 Å². The molecule has 1 aliphatic rings. The lowest BCUT2D eigenvalue weighted by Gasteiger charge is -2.11. The highest BCUT2D eigenvalue weighted by atomic mass is 19.1. The lowest BCUT2D eigenvalue weighted by molar-refractivity contribution is -0.117. The third kappa shape index (κ3) is 5.29. The quantitative estimate of drug-likeness (QED) is 0.282. The van der Waals surface area contributed by atoms with Crippen molar-refractivity contribution in [2.45, 2.75) is 44.9 Å². The molecule has 7 heteroatoms. The van der Waals surface area contributed by atoms with E-state index in [2.05, 4.69) is 27.2 Å². The first-order valence-electron chi connectivity index (χ1n) is 12.0. The van der Waals surface area contributed by atoms with Crippen LogP contribution in [0.25, 0.3) is 22.0 Å². The van der Waals surface area contributed by atoms with Crippen LogP contribution in [0, 0.1) is 11.7 Å². The number of nitrogens with one attached hydrogen (secondary N) is 2. The summed E-state index contributed by atoms with van der Waals surface area (Å²) in [5.74, 6) is 0.397. The molecule has 5 rings (SSSR count). The van der Waals surface area contributed by atoms with Gasteiger partial charge in [-0.3, -0.25) is 14.9 Å². The normalized spacial score (nSPS) is 14.1. The second kappa shape index (κ2) is 9.78. The molecule has 2 N–H and O–H groups in total. The average Bonchev–Trinajstić information content (AvgIpc) is 3.63. The van der Waals surface area contributed by atoms with Crippen molar-refractivity contribution in [1.82, 2.24) is 15.0 Å². The summed E-state index contributed by atoms with van der Waals surface area (Å²) in [6.07, 6.45) is 8.93. The Balaban J connectivity index is 1.25. The maximum atomic E-state index is 13.5. The van der Waals surface area contributed by atoms with Crippen molar-refractivity contribution in [3.05, 3.63) is 78.0 Å². The van der Waals surface area contributed by atoms with E-state index in [1.54, 1.807) is 30.7 Å². The van der Waals surface area contributed by atoms with Crippen LogP contribution in [0.5, 0.6) is 0 Å². The minimum atomic E-state index is -0.233. The molecule has 6 nitrogen and oxygen atoms in total. The molecule has 1 fully saturated rings. The molecule has 2 aromatic carbocycles. The molecule has 0 unspecified atom stereocenters. The number of amides is 1. The molecule has 0 bridgehead atoms. The van der Waals surface area contributed by atoms with Gasteiger partial charge in [-0.25, -0.2) is 14.4 Å². The number of ketones is 1. The minimum Gasteiger partial charge on any atom is -0.360 e. The fourth-order valence-electron chi connectivity index (χ4n) is 4.31. The molecule has 1 atom stereocenters. The number of fused-ring (bicyclic) bond motifs is 1. The van der Waals surface area contributed by atoms with E-state index in [4.69, 9.17) is 0 Å². The van der Waals surface area contributed by atoms with Gasteiger partial charge < -0.3 is 4.98 Å². The summed E-state index contributed by atoms with van der Waals surface area (Å²) in [4.78, 5) is 36.6. The van der Waals surface area contributed by atoms with Crippen molar-refractivity contribution in [1.29, 1.82) is 0 Å². The molecule has 0 spiro atoms. The Labute approximate surface area is 203 Å². The van der Waals surface area contributed by atoms with Crippen LogP contribution in [0.3, 0.4) is 0 Å². The molecule has 2 heterocycles. The Bertz CT molecular complexity index is 1380. The second-order valence-electron chi connectivity index (χ2n) is 9.29. The van der Waals surface area contributed by atoms with E-state index in [-0.39, 0.29) is 29.3 Å². The molecule has 2 aromatic heterocycles.